The van der Waals surface area contributed by atoms with Gasteiger partial charge >= 0.3 is 0 Å². The Balaban J connectivity index is 1.60. The van der Waals surface area contributed by atoms with Crippen molar-refractivity contribution in [1.29, 1.82) is 0 Å². The van der Waals surface area contributed by atoms with Crippen LogP contribution in [0.1, 0.15) is 13.3 Å². The van der Waals surface area contributed by atoms with Gasteiger partial charge < -0.3 is 9.47 Å². The molecule has 0 unspecified atom stereocenters. The lowest BCUT2D eigenvalue weighted by Crippen LogP contribution is -2.34. The quantitative estimate of drug-likeness (QED) is 0.322. The van der Waals surface area contributed by atoms with E-state index in [1.807, 2.05) is 18.2 Å². The first-order valence-corrected chi connectivity index (χ1v) is 10.5. The van der Waals surface area contributed by atoms with E-state index in [0.29, 0.717) is 30.7 Å². The summed E-state index contributed by atoms with van der Waals surface area (Å²) in [5.41, 5.74) is 9.78. The van der Waals surface area contributed by atoms with Crippen LogP contribution < -0.4 is 0 Å². The summed E-state index contributed by atoms with van der Waals surface area (Å²) in [4.78, 5) is 6.95. The summed E-state index contributed by atoms with van der Waals surface area (Å²) in [6.45, 7) is 2.35. The Kier molecular flexibility index (Phi) is 5.90. The first kappa shape index (κ1) is 18.8. The summed E-state index contributed by atoms with van der Waals surface area (Å²) < 4.78 is 37.1. The Labute approximate surface area is 155 Å². The highest BCUT2D eigenvalue weighted by molar-refractivity contribution is 7.93. The molecule has 0 amide bonds. The van der Waals surface area contributed by atoms with Gasteiger partial charge in [0.1, 0.15) is 0 Å². The molecule has 0 atom stereocenters. The highest BCUT2D eigenvalue weighted by Gasteiger charge is 2.22. The molecule has 0 saturated carbocycles. The Bertz CT molecular complexity index is 923. The summed E-state index contributed by atoms with van der Waals surface area (Å²) >= 11 is 1.18. The number of azide groups is 1. The monoisotopic (exact) mass is 394 g/mol. The maximum atomic E-state index is 12.6. The van der Waals surface area contributed by atoms with Gasteiger partial charge in [0.25, 0.3) is 0 Å². The molecule has 8 nitrogen and oxygen atoms in total. The van der Waals surface area contributed by atoms with Gasteiger partial charge in [0.05, 0.1) is 35.2 Å². The van der Waals surface area contributed by atoms with Crippen molar-refractivity contribution >= 4 is 31.4 Å². The third kappa shape index (κ3) is 4.60. The minimum absolute atomic E-state index is 0.0963. The summed E-state index contributed by atoms with van der Waals surface area (Å²) in [7, 11) is -3.49. The molecule has 138 valence electrons. The molecule has 1 aromatic carbocycles. The lowest BCUT2D eigenvalue weighted by atomic mass is 10.2. The van der Waals surface area contributed by atoms with Crippen LogP contribution in [0.3, 0.4) is 0 Å². The van der Waals surface area contributed by atoms with Crippen molar-refractivity contribution in [1.82, 2.24) is 4.98 Å². The summed E-state index contributed by atoms with van der Waals surface area (Å²) in [5.74, 6) is -0.0963. The molecule has 2 heterocycles. The number of hydrogen-bond donors (Lipinski definition) is 0. The van der Waals surface area contributed by atoms with E-state index in [9.17, 15) is 8.42 Å². The maximum absolute atomic E-state index is 12.6. The Hall–Kier alpha value is -1.97. The fourth-order valence-electron chi connectivity index (χ4n) is 2.51. The lowest BCUT2D eigenvalue weighted by molar-refractivity contribution is -0.182. The molecule has 2 aromatic rings. The number of fused-ring (bicyclic) bond motifs is 1. The van der Waals surface area contributed by atoms with Crippen LogP contribution in [0.2, 0.25) is 0 Å². The van der Waals surface area contributed by atoms with Crippen molar-refractivity contribution in [2.45, 2.75) is 30.0 Å². The molecule has 3 rings (SSSR count). The van der Waals surface area contributed by atoms with Gasteiger partial charge in [-0.05, 0) is 24.6 Å². The van der Waals surface area contributed by atoms with Crippen LogP contribution in [0.15, 0.2) is 45.4 Å². The van der Waals surface area contributed by atoms with E-state index in [-0.39, 0.29) is 16.1 Å². The van der Waals surface area contributed by atoms with Gasteiger partial charge in [0.2, 0.25) is 14.2 Å². The highest BCUT2D eigenvalue weighted by Crippen LogP contribution is 2.26. The number of benzene rings is 1. The van der Waals surface area contributed by atoms with Gasteiger partial charge in [-0.1, -0.05) is 28.9 Å². The fraction of sp³-hybridized carbons (Fsp3) is 0.438. The molecule has 0 N–H and O–H groups in total. The number of ether oxygens (including phenoxy) is 2. The molecular formula is C16H18N4O4S2. The summed E-state index contributed by atoms with van der Waals surface area (Å²) in [6, 6.07) is 7.03. The Morgan fingerprint density at radius 1 is 1.42 bits per heavy atom. The van der Waals surface area contributed by atoms with Gasteiger partial charge in [0, 0.05) is 11.3 Å². The number of thiazole rings is 1. The second-order valence-electron chi connectivity index (χ2n) is 5.95. The predicted octanol–water partition coefficient (Wildman–Crippen LogP) is 3.46. The zero-order valence-electron chi connectivity index (χ0n) is 14.1. The van der Waals surface area contributed by atoms with E-state index >= 15 is 0 Å². The zero-order chi connectivity index (χ0) is 18.6. The average molecular weight is 394 g/mol. The van der Waals surface area contributed by atoms with Gasteiger partial charge in [-0.15, -0.1) is 11.3 Å². The highest BCUT2D eigenvalue weighted by atomic mass is 32.2. The van der Waals surface area contributed by atoms with Crippen LogP contribution in [-0.2, 0) is 19.3 Å². The van der Waals surface area contributed by atoms with E-state index in [0.717, 1.165) is 4.70 Å². The molecule has 0 aliphatic carbocycles. The number of nitrogens with zero attached hydrogens (tertiary/aromatic N) is 4. The molecule has 1 saturated heterocycles. The topological polar surface area (TPSA) is 114 Å². The summed E-state index contributed by atoms with van der Waals surface area (Å²) in [5, 5.41) is 3.54. The lowest BCUT2D eigenvalue weighted by Gasteiger charge is -2.26. The van der Waals surface area contributed by atoms with Crippen molar-refractivity contribution in [2.75, 3.05) is 19.0 Å². The van der Waals surface area contributed by atoms with E-state index in [1.54, 1.807) is 19.1 Å². The van der Waals surface area contributed by atoms with Crippen molar-refractivity contribution < 1.29 is 17.9 Å². The zero-order valence-corrected chi connectivity index (χ0v) is 15.7. The van der Waals surface area contributed by atoms with Crippen LogP contribution in [0.5, 0.6) is 0 Å². The number of para-hydroxylation sites is 1. The summed E-state index contributed by atoms with van der Waals surface area (Å²) in [6.07, 6.45) is 1.77. The standard InChI is InChI=1S/C16H18N4O4S2/c1-11(6-7-15-23-8-12(9-24-15)19-20-17)10-26(21,22)16-18-13-4-2-3-5-14(13)25-16/h2-6,12,15H,7-10H2,1H3. The van der Waals surface area contributed by atoms with Crippen molar-refractivity contribution in [3.05, 3.63) is 46.4 Å². The molecule has 0 radical (unpaired) electrons. The molecule has 1 fully saturated rings. The van der Waals surface area contributed by atoms with Crippen molar-refractivity contribution in [3.63, 3.8) is 0 Å². The van der Waals surface area contributed by atoms with Crippen molar-refractivity contribution in [2.24, 2.45) is 5.11 Å². The third-order valence-electron chi connectivity index (χ3n) is 3.78. The predicted molar refractivity (Wildman–Crippen MR) is 98.7 cm³/mol. The van der Waals surface area contributed by atoms with Crippen LogP contribution in [-0.4, -0.2) is 44.7 Å². The smallest absolute Gasteiger partial charge is 0.210 e. The average Bonchev–Trinajstić information content (AvgIpc) is 3.06. The number of rotatable bonds is 6. The van der Waals surface area contributed by atoms with Gasteiger partial charge in [0.15, 0.2) is 6.29 Å². The van der Waals surface area contributed by atoms with Crippen molar-refractivity contribution in [3.8, 4) is 0 Å². The number of sulfone groups is 1. The Morgan fingerprint density at radius 2 is 2.15 bits per heavy atom. The number of hydrogen-bond acceptors (Lipinski definition) is 7. The van der Waals surface area contributed by atoms with Crippen LogP contribution in [0.4, 0.5) is 0 Å². The fourth-order valence-corrected chi connectivity index (χ4v) is 5.24. The first-order chi connectivity index (χ1) is 12.5. The van der Waals surface area contributed by atoms with Crippen LogP contribution in [0.25, 0.3) is 20.7 Å². The first-order valence-electron chi connectivity index (χ1n) is 7.99. The minimum Gasteiger partial charge on any atom is -0.352 e. The largest absolute Gasteiger partial charge is 0.352 e. The van der Waals surface area contributed by atoms with E-state index < -0.39 is 16.1 Å². The minimum atomic E-state index is -3.49. The normalized spacial score (nSPS) is 21.5. The SMILES string of the molecule is CC(=CCC1OCC(N=[N+]=[N-])CO1)CS(=O)(=O)c1nc2ccccc2s1. The van der Waals surface area contributed by atoms with E-state index in [4.69, 9.17) is 15.0 Å². The molecule has 0 bridgehead atoms. The second-order valence-corrected chi connectivity index (χ2v) is 9.14. The molecule has 1 aliphatic heterocycles. The maximum Gasteiger partial charge on any atom is 0.210 e. The van der Waals surface area contributed by atoms with E-state index in [1.165, 1.54) is 11.3 Å². The second kappa shape index (κ2) is 8.15. The molecule has 26 heavy (non-hydrogen) atoms. The third-order valence-corrected chi connectivity index (χ3v) is 7.08. The van der Waals surface area contributed by atoms with Gasteiger partial charge in [-0.3, -0.25) is 0 Å². The van der Waals surface area contributed by atoms with E-state index in [2.05, 4.69) is 15.0 Å². The van der Waals surface area contributed by atoms with Crippen LogP contribution in [0, 0.1) is 0 Å². The molecule has 0 spiro atoms. The van der Waals surface area contributed by atoms with Crippen LogP contribution >= 0.6 is 11.3 Å². The van der Waals surface area contributed by atoms with Gasteiger partial charge in [-0.2, -0.15) is 0 Å². The molecule has 10 heteroatoms. The Morgan fingerprint density at radius 3 is 2.85 bits per heavy atom. The molecule has 1 aliphatic rings. The van der Waals surface area contributed by atoms with Gasteiger partial charge in [-0.25, -0.2) is 13.4 Å². The molecule has 1 aromatic heterocycles. The number of aromatic nitrogens is 1. The molecular weight excluding hydrogens is 376 g/mol.